The van der Waals surface area contributed by atoms with Crippen molar-refractivity contribution in [2.24, 2.45) is 11.3 Å². The number of rotatable bonds is 5. The Balaban J connectivity index is 2.03. The largest absolute Gasteiger partial charge is 0.326 e. The molecule has 2 rings (SSSR count). The van der Waals surface area contributed by atoms with Crippen LogP contribution in [0.3, 0.4) is 0 Å². The van der Waals surface area contributed by atoms with Crippen LogP contribution in [0.25, 0.3) is 0 Å². The Morgan fingerprint density at radius 2 is 1.96 bits per heavy atom. The molecule has 0 aromatic rings. The Kier molecular flexibility index (Phi) is 5.54. The van der Waals surface area contributed by atoms with Gasteiger partial charge in [-0.25, -0.2) is 9.69 Å². The normalized spacial score (nSPS) is 27.7. The van der Waals surface area contributed by atoms with E-state index < -0.39 is 5.54 Å². The van der Waals surface area contributed by atoms with Gasteiger partial charge in [-0.1, -0.05) is 27.7 Å². The van der Waals surface area contributed by atoms with Crippen LogP contribution in [-0.4, -0.2) is 47.0 Å². The molecule has 1 saturated heterocycles. The van der Waals surface area contributed by atoms with Gasteiger partial charge in [-0.3, -0.25) is 9.69 Å². The number of imide groups is 1. The predicted molar refractivity (Wildman–Crippen MR) is 91.9 cm³/mol. The third-order valence-corrected chi connectivity index (χ3v) is 5.64. The van der Waals surface area contributed by atoms with Crippen LogP contribution in [0.4, 0.5) is 4.79 Å². The zero-order valence-electron chi connectivity index (χ0n) is 15.4. The highest BCUT2D eigenvalue weighted by atomic mass is 16.2. The second-order valence-corrected chi connectivity index (χ2v) is 8.15. The van der Waals surface area contributed by atoms with Gasteiger partial charge in [0.1, 0.15) is 5.54 Å². The summed E-state index contributed by atoms with van der Waals surface area (Å²) in [4.78, 5) is 28.6. The summed E-state index contributed by atoms with van der Waals surface area (Å²) in [5.74, 6) is 0.500. The number of nitrogens with zero attached hydrogens (tertiary/aromatic N) is 3. The van der Waals surface area contributed by atoms with Gasteiger partial charge in [0.25, 0.3) is 5.91 Å². The second-order valence-electron chi connectivity index (χ2n) is 8.15. The molecule has 1 heterocycles. The molecule has 1 spiro atoms. The van der Waals surface area contributed by atoms with Crippen molar-refractivity contribution < 1.29 is 9.59 Å². The first kappa shape index (κ1) is 18.7. The van der Waals surface area contributed by atoms with Crippen LogP contribution in [0.15, 0.2) is 0 Å². The molecule has 3 amide bonds. The number of carbonyl (C=O) groups is 2. The number of carbonyl (C=O) groups excluding carboxylic acids is 2. The Labute approximate surface area is 145 Å². The molecular weight excluding hydrogens is 304 g/mol. The van der Waals surface area contributed by atoms with Gasteiger partial charge in [-0.15, -0.1) is 0 Å². The van der Waals surface area contributed by atoms with Gasteiger partial charge in [-0.2, -0.15) is 5.26 Å². The standard InChI is InChI=1S/C18H30N4O2/c1-5-21(12-6-11-19)13-22-15(23)18(20-16(22)24)9-7-14(8-10-18)17(2,3)4/h14H,5-10,12-13H2,1-4H3,(H,20,24). The lowest BCUT2D eigenvalue weighted by atomic mass is 9.67. The van der Waals surface area contributed by atoms with Crippen LogP contribution in [-0.2, 0) is 4.79 Å². The van der Waals surface area contributed by atoms with Crippen LogP contribution in [0.5, 0.6) is 0 Å². The highest BCUT2D eigenvalue weighted by Crippen LogP contribution is 2.43. The smallest absolute Gasteiger partial charge is 0.323 e. The van der Waals surface area contributed by atoms with Gasteiger partial charge in [-0.05, 0) is 43.6 Å². The first-order valence-electron chi connectivity index (χ1n) is 8.97. The van der Waals surface area contributed by atoms with E-state index in [4.69, 9.17) is 5.26 Å². The zero-order valence-corrected chi connectivity index (χ0v) is 15.4. The van der Waals surface area contributed by atoms with Crippen molar-refractivity contribution in [3.8, 4) is 6.07 Å². The summed E-state index contributed by atoms with van der Waals surface area (Å²) < 4.78 is 0. The lowest BCUT2D eigenvalue weighted by Crippen LogP contribution is -2.51. The fourth-order valence-corrected chi connectivity index (χ4v) is 3.86. The average Bonchev–Trinajstić information content (AvgIpc) is 2.74. The third-order valence-electron chi connectivity index (χ3n) is 5.64. The molecule has 0 atom stereocenters. The lowest BCUT2D eigenvalue weighted by Gasteiger charge is -2.40. The summed E-state index contributed by atoms with van der Waals surface area (Å²) in [6, 6.07) is 1.82. The number of nitrogens with one attached hydrogen (secondary N) is 1. The monoisotopic (exact) mass is 334 g/mol. The molecule has 0 bridgehead atoms. The first-order chi connectivity index (χ1) is 11.2. The fourth-order valence-electron chi connectivity index (χ4n) is 3.86. The summed E-state index contributed by atoms with van der Waals surface area (Å²) in [7, 11) is 0. The van der Waals surface area contributed by atoms with E-state index >= 15 is 0 Å². The minimum atomic E-state index is -0.701. The SMILES string of the molecule is CCN(CCC#N)CN1C(=O)NC2(CCC(C(C)(C)C)CC2)C1=O. The van der Waals surface area contributed by atoms with E-state index in [9.17, 15) is 9.59 Å². The average molecular weight is 334 g/mol. The molecule has 1 aliphatic heterocycles. The van der Waals surface area contributed by atoms with E-state index in [1.165, 1.54) is 4.90 Å². The van der Waals surface area contributed by atoms with Crippen LogP contribution < -0.4 is 5.32 Å². The van der Waals surface area contributed by atoms with Crippen LogP contribution in [0, 0.1) is 22.7 Å². The van der Waals surface area contributed by atoms with Gasteiger partial charge in [0, 0.05) is 13.0 Å². The molecule has 1 aliphatic carbocycles. The van der Waals surface area contributed by atoms with Crippen LogP contribution in [0.2, 0.25) is 0 Å². The van der Waals surface area contributed by atoms with Crippen LogP contribution >= 0.6 is 0 Å². The molecule has 0 aromatic heterocycles. The van der Waals surface area contributed by atoms with Gasteiger partial charge in [0.2, 0.25) is 0 Å². The number of urea groups is 1. The van der Waals surface area contributed by atoms with Crippen molar-refractivity contribution in [3.05, 3.63) is 0 Å². The number of hydrogen-bond donors (Lipinski definition) is 1. The maximum atomic E-state index is 12.9. The number of hydrogen-bond acceptors (Lipinski definition) is 4. The van der Waals surface area contributed by atoms with E-state index in [2.05, 4.69) is 32.2 Å². The molecule has 6 nitrogen and oxygen atoms in total. The zero-order chi connectivity index (χ0) is 18.0. The summed E-state index contributed by atoms with van der Waals surface area (Å²) in [6.07, 6.45) is 3.78. The Bertz CT molecular complexity index is 524. The molecule has 6 heteroatoms. The highest BCUT2D eigenvalue weighted by Gasteiger charge is 2.53. The molecule has 1 saturated carbocycles. The van der Waals surface area contributed by atoms with Crippen molar-refractivity contribution in [2.75, 3.05) is 19.8 Å². The summed E-state index contributed by atoms with van der Waals surface area (Å²) in [5.41, 5.74) is -0.462. The molecule has 0 radical (unpaired) electrons. The Hall–Kier alpha value is -1.61. The van der Waals surface area contributed by atoms with Crippen molar-refractivity contribution in [3.63, 3.8) is 0 Å². The van der Waals surface area contributed by atoms with E-state index in [0.717, 1.165) is 25.7 Å². The molecular formula is C18H30N4O2. The van der Waals surface area contributed by atoms with Gasteiger partial charge in [0.15, 0.2) is 0 Å². The lowest BCUT2D eigenvalue weighted by molar-refractivity contribution is -0.134. The van der Waals surface area contributed by atoms with E-state index in [-0.39, 0.29) is 24.0 Å². The summed E-state index contributed by atoms with van der Waals surface area (Å²) in [6.45, 7) is 10.2. The molecule has 2 fully saturated rings. The van der Waals surface area contributed by atoms with E-state index in [0.29, 0.717) is 25.4 Å². The van der Waals surface area contributed by atoms with Crippen molar-refractivity contribution >= 4 is 11.9 Å². The quantitative estimate of drug-likeness (QED) is 0.784. The van der Waals surface area contributed by atoms with E-state index in [1.54, 1.807) is 0 Å². The topological polar surface area (TPSA) is 76.4 Å². The third kappa shape index (κ3) is 3.72. The van der Waals surface area contributed by atoms with Crippen molar-refractivity contribution in [2.45, 2.75) is 65.3 Å². The minimum absolute atomic E-state index is 0.0877. The minimum Gasteiger partial charge on any atom is -0.323 e. The molecule has 1 N–H and O–H groups in total. The predicted octanol–water partition coefficient (Wildman–Crippen LogP) is 2.71. The molecule has 0 aromatic carbocycles. The number of nitriles is 1. The maximum Gasteiger partial charge on any atom is 0.326 e. The van der Waals surface area contributed by atoms with Gasteiger partial charge >= 0.3 is 6.03 Å². The van der Waals surface area contributed by atoms with Gasteiger partial charge in [0.05, 0.1) is 12.7 Å². The van der Waals surface area contributed by atoms with E-state index in [1.807, 2.05) is 11.8 Å². The highest BCUT2D eigenvalue weighted by molar-refractivity contribution is 6.07. The first-order valence-corrected chi connectivity index (χ1v) is 8.97. The Morgan fingerprint density at radius 1 is 1.33 bits per heavy atom. The summed E-state index contributed by atoms with van der Waals surface area (Å²) in [5, 5.41) is 11.7. The van der Waals surface area contributed by atoms with Crippen LogP contribution in [0.1, 0.15) is 59.8 Å². The number of amides is 3. The van der Waals surface area contributed by atoms with Crippen molar-refractivity contribution in [1.29, 1.82) is 5.26 Å². The van der Waals surface area contributed by atoms with Crippen molar-refractivity contribution in [1.82, 2.24) is 15.1 Å². The fraction of sp³-hybridized carbons (Fsp3) is 0.833. The molecule has 2 aliphatic rings. The second kappa shape index (κ2) is 7.10. The molecule has 134 valence electrons. The summed E-state index contributed by atoms with van der Waals surface area (Å²) >= 11 is 0. The molecule has 24 heavy (non-hydrogen) atoms. The maximum absolute atomic E-state index is 12.9. The van der Waals surface area contributed by atoms with Gasteiger partial charge < -0.3 is 5.32 Å². The Morgan fingerprint density at radius 3 is 2.46 bits per heavy atom. The molecule has 0 unspecified atom stereocenters.